The lowest BCUT2D eigenvalue weighted by atomic mass is 10.1. The van der Waals surface area contributed by atoms with Crippen molar-refractivity contribution in [2.75, 3.05) is 26.4 Å². The van der Waals surface area contributed by atoms with Gasteiger partial charge in [-0.3, -0.25) is 18.6 Å². The topological polar surface area (TPSA) is 131 Å². The van der Waals surface area contributed by atoms with Gasteiger partial charge >= 0.3 is 13.8 Å². The van der Waals surface area contributed by atoms with Gasteiger partial charge in [0.2, 0.25) is 5.91 Å². The highest BCUT2D eigenvalue weighted by atomic mass is 31.2. The molecule has 0 aromatic rings. The SMILES string of the molecule is CCCCCCC(=O)NCCOP(=O)(O)OCC(O)COC(=O)CCCC. The second kappa shape index (κ2) is 16.0. The molecule has 27 heavy (non-hydrogen) atoms. The summed E-state index contributed by atoms with van der Waals surface area (Å²) in [7, 11) is -4.35. The first-order valence-corrected chi connectivity index (χ1v) is 11.0. The Bertz CT molecular complexity index is 460. The molecule has 0 radical (unpaired) electrons. The average Bonchev–Trinajstić information content (AvgIpc) is 2.63. The van der Waals surface area contributed by atoms with E-state index in [1.165, 1.54) is 0 Å². The summed E-state index contributed by atoms with van der Waals surface area (Å²) in [6, 6.07) is 0. The van der Waals surface area contributed by atoms with Gasteiger partial charge < -0.3 is 20.1 Å². The van der Waals surface area contributed by atoms with Gasteiger partial charge in [-0.05, 0) is 12.8 Å². The number of aliphatic hydroxyl groups excluding tert-OH is 1. The molecule has 0 aliphatic heterocycles. The Morgan fingerprint density at radius 2 is 1.70 bits per heavy atom. The third-order valence-corrected chi connectivity index (χ3v) is 4.52. The van der Waals surface area contributed by atoms with Gasteiger partial charge in [0, 0.05) is 19.4 Å². The molecule has 0 aliphatic rings. The van der Waals surface area contributed by atoms with E-state index in [4.69, 9.17) is 9.26 Å². The molecule has 0 saturated carbocycles. The molecule has 1 amide bonds. The Labute approximate surface area is 161 Å². The first-order chi connectivity index (χ1) is 12.8. The lowest BCUT2D eigenvalue weighted by Gasteiger charge is -2.15. The number of phosphoric acid groups is 1. The summed E-state index contributed by atoms with van der Waals surface area (Å²) in [6.07, 6.45) is 4.97. The number of esters is 1. The van der Waals surface area contributed by atoms with Crippen molar-refractivity contribution in [2.24, 2.45) is 0 Å². The van der Waals surface area contributed by atoms with Gasteiger partial charge in [-0.25, -0.2) is 4.57 Å². The fourth-order valence-corrected chi connectivity index (χ4v) is 2.76. The maximum absolute atomic E-state index is 11.7. The molecule has 10 heteroatoms. The van der Waals surface area contributed by atoms with E-state index in [-0.39, 0.29) is 32.1 Å². The third-order valence-electron chi connectivity index (χ3n) is 3.54. The van der Waals surface area contributed by atoms with Gasteiger partial charge in [0.05, 0.1) is 13.2 Å². The van der Waals surface area contributed by atoms with E-state index in [9.17, 15) is 24.2 Å². The number of amides is 1. The zero-order valence-corrected chi connectivity index (χ0v) is 17.2. The van der Waals surface area contributed by atoms with Crippen LogP contribution in [0.1, 0.15) is 65.2 Å². The van der Waals surface area contributed by atoms with E-state index in [0.717, 1.165) is 32.1 Å². The molecule has 0 aromatic heterocycles. The normalized spacial score (nSPS) is 14.4. The van der Waals surface area contributed by atoms with Crippen LogP contribution in [0.25, 0.3) is 0 Å². The zero-order valence-electron chi connectivity index (χ0n) is 16.4. The van der Waals surface area contributed by atoms with E-state index in [1.807, 2.05) is 6.92 Å². The molecule has 0 aliphatic carbocycles. The van der Waals surface area contributed by atoms with Crippen LogP contribution in [0.4, 0.5) is 0 Å². The zero-order chi connectivity index (χ0) is 20.5. The number of nitrogens with one attached hydrogen (secondary N) is 1. The molecule has 0 heterocycles. The molecule has 0 spiro atoms. The highest BCUT2D eigenvalue weighted by Crippen LogP contribution is 2.42. The van der Waals surface area contributed by atoms with Crippen molar-refractivity contribution in [3.05, 3.63) is 0 Å². The second-order valence-electron chi connectivity index (χ2n) is 6.20. The Morgan fingerprint density at radius 1 is 1.00 bits per heavy atom. The Balaban J connectivity index is 3.79. The molecule has 3 N–H and O–H groups in total. The van der Waals surface area contributed by atoms with Gasteiger partial charge in [0.15, 0.2) is 0 Å². The average molecular weight is 411 g/mol. The van der Waals surface area contributed by atoms with Crippen LogP contribution < -0.4 is 5.32 Å². The van der Waals surface area contributed by atoms with Crippen molar-refractivity contribution >= 4 is 19.7 Å². The van der Waals surface area contributed by atoms with Crippen molar-refractivity contribution in [2.45, 2.75) is 71.3 Å². The number of carbonyl (C=O) groups excluding carboxylic acids is 2. The standard InChI is InChI=1S/C17H34NO8P/c1-3-5-7-8-9-16(20)18-11-12-25-27(22,23)26-14-15(19)13-24-17(21)10-6-4-2/h15,19H,3-14H2,1-2H3,(H,18,20)(H,22,23). The monoisotopic (exact) mass is 411 g/mol. The van der Waals surface area contributed by atoms with Crippen molar-refractivity contribution < 1.29 is 37.9 Å². The number of hydrogen-bond donors (Lipinski definition) is 3. The van der Waals surface area contributed by atoms with Gasteiger partial charge in [-0.2, -0.15) is 0 Å². The lowest BCUT2D eigenvalue weighted by Crippen LogP contribution is -2.27. The molecule has 0 bridgehead atoms. The Hall–Kier alpha value is -0.990. The van der Waals surface area contributed by atoms with E-state index >= 15 is 0 Å². The number of carbonyl (C=O) groups is 2. The van der Waals surface area contributed by atoms with Crippen LogP contribution in [0, 0.1) is 0 Å². The highest BCUT2D eigenvalue weighted by molar-refractivity contribution is 7.47. The summed E-state index contributed by atoms with van der Waals surface area (Å²) in [4.78, 5) is 32.3. The number of ether oxygens (including phenoxy) is 1. The lowest BCUT2D eigenvalue weighted by molar-refractivity contribution is -0.147. The maximum Gasteiger partial charge on any atom is 0.472 e. The van der Waals surface area contributed by atoms with Gasteiger partial charge in [-0.15, -0.1) is 0 Å². The predicted octanol–water partition coefficient (Wildman–Crippen LogP) is 2.30. The summed E-state index contributed by atoms with van der Waals surface area (Å²) in [5.41, 5.74) is 0. The summed E-state index contributed by atoms with van der Waals surface area (Å²) < 4.78 is 25.8. The minimum atomic E-state index is -4.35. The molecule has 0 rings (SSSR count). The Morgan fingerprint density at radius 3 is 2.37 bits per heavy atom. The van der Waals surface area contributed by atoms with Gasteiger partial charge in [0.1, 0.15) is 12.7 Å². The summed E-state index contributed by atoms with van der Waals surface area (Å²) >= 11 is 0. The first-order valence-electron chi connectivity index (χ1n) is 9.53. The highest BCUT2D eigenvalue weighted by Gasteiger charge is 2.23. The maximum atomic E-state index is 11.7. The Kier molecular flexibility index (Phi) is 15.4. The fraction of sp³-hybridized carbons (Fsp3) is 0.882. The minimum absolute atomic E-state index is 0.0815. The van der Waals surface area contributed by atoms with E-state index in [2.05, 4.69) is 16.8 Å². The third kappa shape index (κ3) is 16.9. The molecule has 0 saturated heterocycles. The molecule has 0 fully saturated rings. The van der Waals surface area contributed by atoms with Crippen molar-refractivity contribution in [3.8, 4) is 0 Å². The van der Waals surface area contributed by atoms with Crippen LogP contribution in [0.5, 0.6) is 0 Å². The summed E-state index contributed by atoms with van der Waals surface area (Å²) in [6.45, 7) is 3.07. The molecule has 2 atom stereocenters. The van der Waals surface area contributed by atoms with Crippen molar-refractivity contribution in [1.29, 1.82) is 0 Å². The minimum Gasteiger partial charge on any atom is -0.463 e. The van der Waals surface area contributed by atoms with Gasteiger partial charge in [0.25, 0.3) is 0 Å². The van der Waals surface area contributed by atoms with Crippen LogP contribution in [-0.2, 0) is 27.9 Å². The number of hydrogen-bond acceptors (Lipinski definition) is 7. The van der Waals surface area contributed by atoms with E-state index in [0.29, 0.717) is 12.8 Å². The number of rotatable bonds is 17. The molecular formula is C17H34NO8P. The fourth-order valence-electron chi connectivity index (χ4n) is 2.00. The van der Waals surface area contributed by atoms with E-state index < -0.39 is 26.5 Å². The van der Waals surface area contributed by atoms with Crippen molar-refractivity contribution in [3.63, 3.8) is 0 Å². The van der Waals surface area contributed by atoms with Gasteiger partial charge in [-0.1, -0.05) is 39.5 Å². The van der Waals surface area contributed by atoms with Crippen LogP contribution >= 0.6 is 7.82 Å². The van der Waals surface area contributed by atoms with Crippen molar-refractivity contribution in [1.82, 2.24) is 5.32 Å². The molecular weight excluding hydrogens is 377 g/mol. The van der Waals surface area contributed by atoms with Crippen LogP contribution in [0.2, 0.25) is 0 Å². The predicted molar refractivity (Wildman–Crippen MR) is 100.0 cm³/mol. The van der Waals surface area contributed by atoms with Crippen LogP contribution in [0.3, 0.4) is 0 Å². The quantitative estimate of drug-likeness (QED) is 0.189. The number of unbranched alkanes of at least 4 members (excludes halogenated alkanes) is 4. The first kappa shape index (κ1) is 26.0. The van der Waals surface area contributed by atoms with Crippen LogP contribution in [0.15, 0.2) is 0 Å². The summed E-state index contributed by atoms with van der Waals surface area (Å²) in [5.74, 6) is -0.575. The summed E-state index contributed by atoms with van der Waals surface area (Å²) in [5, 5.41) is 12.2. The molecule has 9 nitrogen and oxygen atoms in total. The van der Waals surface area contributed by atoms with E-state index in [1.54, 1.807) is 0 Å². The largest absolute Gasteiger partial charge is 0.472 e. The molecule has 160 valence electrons. The molecule has 2 unspecified atom stereocenters. The number of phosphoric ester groups is 1. The van der Waals surface area contributed by atoms with Crippen LogP contribution in [-0.4, -0.2) is 54.3 Å². The second-order valence-corrected chi connectivity index (χ2v) is 7.65. The number of aliphatic hydroxyl groups is 1. The smallest absolute Gasteiger partial charge is 0.463 e. The molecule has 0 aromatic carbocycles.